The summed E-state index contributed by atoms with van der Waals surface area (Å²) in [5.41, 5.74) is 8.43. The van der Waals surface area contributed by atoms with Crippen molar-refractivity contribution < 1.29 is 4.79 Å². The van der Waals surface area contributed by atoms with Gasteiger partial charge in [-0.05, 0) is 62.4 Å². The summed E-state index contributed by atoms with van der Waals surface area (Å²) in [6.07, 6.45) is 8.55. The van der Waals surface area contributed by atoms with E-state index in [0.717, 1.165) is 25.8 Å². The Hall–Kier alpha value is -1.39. The average molecular weight is 344 g/mol. The fourth-order valence-electron chi connectivity index (χ4n) is 4.40. The maximum absolute atomic E-state index is 12.6. The number of carbonyl (C=O) groups excluding carboxylic acids is 1. The van der Waals surface area contributed by atoms with Crippen molar-refractivity contribution in [2.45, 2.75) is 58.0 Å². The Morgan fingerprint density at radius 3 is 2.48 bits per heavy atom. The summed E-state index contributed by atoms with van der Waals surface area (Å²) in [6, 6.07) is 8.55. The van der Waals surface area contributed by atoms with E-state index in [1.54, 1.807) is 0 Å². The van der Waals surface area contributed by atoms with Crippen LogP contribution >= 0.6 is 0 Å². The normalized spacial score (nSPS) is 24.8. The number of nitrogens with two attached hydrogens (primary N) is 1. The molecule has 1 saturated carbocycles. The molecule has 0 spiro atoms. The van der Waals surface area contributed by atoms with Crippen LogP contribution in [0.1, 0.15) is 56.1 Å². The summed E-state index contributed by atoms with van der Waals surface area (Å²) in [4.78, 5) is 15.1. The van der Waals surface area contributed by atoms with E-state index in [1.807, 2.05) is 0 Å². The molecule has 0 unspecified atom stereocenters. The minimum absolute atomic E-state index is 0.114. The van der Waals surface area contributed by atoms with Gasteiger partial charge >= 0.3 is 0 Å². The first-order valence-corrected chi connectivity index (χ1v) is 10.0. The molecule has 0 aromatic heterocycles. The lowest BCUT2D eigenvalue weighted by Crippen LogP contribution is -2.35. The van der Waals surface area contributed by atoms with Gasteiger partial charge in [-0.2, -0.15) is 0 Å². The number of carbonyl (C=O) groups is 1. The molecule has 4 heteroatoms. The van der Waals surface area contributed by atoms with Gasteiger partial charge in [-0.3, -0.25) is 9.69 Å². The van der Waals surface area contributed by atoms with E-state index in [0.29, 0.717) is 19.0 Å². The van der Waals surface area contributed by atoms with Crippen molar-refractivity contribution >= 4 is 5.91 Å². The van der Waals surface area contributed by atoms with E-state index < -0.39 is 0 Å². The molecule has 3 N–H and O–H groups in total. The number of nitrogens with zero attached hydrogens (tertiary/aromatic N) is 1. The van der Waals surface area contributed by atoms with Gasteiger partial charge < -0.3 is 11.1 Å². The van der Waals surface area contributed by atoms with Crippen molar-refractivity contribution in [3.8, 4) is 0 Å². The van der Waals surface area contributed by atoms with Crippen LogP contribution in [-0.2, 0) is 17.9 Å². The first-order chi connectivity index (χ1) is 12.3. The quantitative estimate of drug-likeness (QED) is 0.835. The van der Waals surface area contributed by atoms with E-state index in [1.165, 1.54) is 49.9 Å². The fourth-order valence-corrected chi connectivity index (χ4v) is 4.40. The molecule has 1 amide bonds. The lowest BCUT2D eigenvalue weighted by atomic mass is 9.95. The van der Waals surface area contributed by atoms with Crippen molar-refractivity contribution in [3.05, 3.63) is 35.4 Å². The predicted octanol–water partition coefficient (Wildman–Crippen LogP) is 3.05. The molecule has 1 aliphatic carbocycles. The molecular weight excluding hydrogens is 310 g/mol. The van der Waals surface area contributed by atoms with Gasteiger partial charge in [-0.15, -0.1) is 0 Å². The van der Waals surface area contributed by atoms with E-state index in [9.17, 15) is 4.79 Å². The molecule has 25 heavy (non-hydrogen) atoms. The Bertz CT molecular complexity index is 552. The second-order valence-electron chi connectivity index (χ2n) is 7.71. The largest absolute Gasteiger partial charge is 0.352 e. The highest BCUT2D eigenvalue weighted by Gasteiger charge is 2.31. The Morgan fingerprint density at radius 1 is 1.04 bits per heavy atom. The monoisotopic (exact) mass is 343 g/mol. The molecule has 1 aromatic carbocycles. The second-order valence-corrected chi connectivity index (χ2v) is 7.71. The van der Waals surface area contributed by atoms with E-state index >= 15 is 0 Å². The summed E-state index contributed by atoms with van der Waals surface area (Å²) >= 11 is 0. The van der Waals surface area contributed by atoms with Crippen molar-refractivity contribution in [2.24, 2.45) is 17.6 Å². The first kappa shape index (κ1) is 18.4. The van der Waals surface area contributed by atoms with Crippen LogP contribution in [0.3, 0.4) is 0 Å². The van der Waals surface area contributed by atoms with Crippen LogP contribution in [0.25, 0.3) is 0 Å². The Kier molecular flexibility index (Phi) is 6.88. The molecule has 1 heterocycles. The van der Waals surface area contributed by atoms with Gasteiger partial charge in [-0.25, -0.2) is 0 Å². The van der Waals surface area contributed by atoms with Gasteiger partial charge in [-0.1, -0.05) is 43.5 Å². The smallest absolute Gasteiger partial charge is 0.223 e. The standard InChI is InChI=1S/C21H33N3O/c22-14-17-10-7-11-20(17)21(25)23-15-18-8-3-4-9-19(18)16-24-12-5-1-2-6-13-24/h3-4,8-9,17,20H,1-2,5-7,10-16,22H2,(H,23,25)/t17-,20-/m1/s1. The van der Waals surface area contributed by atoms with Crippen LogP contribution in [0.5, 0.6) is 0 Å². The Labute approximate surface area is 152 Å². The molecule has 1 aliphatic heterocycles. The third-order valence-electron chi connectivity index (χ3n) is 5.96. The molecule has 1 saturated heterocycles. The minimum Gasteiger partial charge on any atom is -0.352 e. The number of nitrogens with one attached hydrogen (secondary N) is 1. The maximum Gasteiger partial charge on any atom is 0.223 e. The van der Waals surface area contributed by atoms with Gasteiger partial charge in [0.15, 0.2) is 0 Å². The molecule has 2 aliphatic rings. The topological polar surface area (TPSA) is 58.4 Å². The summed E-state index contributed by atoms with van der Waals surface area (Å²) in [7, 11) is 0. The highest BCUT2D eigenvalue weighted by atomic mass is 16.1. The molecule has 138 valence electrons. The maximum atomic E-state index is 12.6. The number of rotatable bonds is 6. The summed E-state index contributed by atoms with van der Waals surface area (Å²) < 4.78 is 0. The molecule has 4 nitrogen and oxygen atoms in total. The average Bonchev–Trinajstić information content (AvgIpc) is 2.98. The zero-order valence-electron chi connectivity index (χ0n) is 15.4. The van der Waals surface area contributed by atoms with Crippen molar-refractivity contribution in [2.75, 3.05) is 19.6 Å². The van der Waals surface area contributed by atoms with Crippen molar-refractivity contribution in [1.29, 1.82) is 0 Å². The SMILES string of the molecule is NC[C@H]1CCC[C@H]1C(=O)NCc1ccccc1CN1CCCCCC1. The second kappa shape index (κ2) is 9.35. The zero-order chi connectivity index (χ0) is 17.5. The van der Waals surface area contributed by atoms with Gasteiger partial charge in [0.05, 0.1) is 0 Å². The van der Waals surface area contributed by atoms with Crippen molar-refractivity contribution in [1.82, 2.24) is 10.2 Å². The first-order valence-electron chi connectivity index (χ1n) is 10.0. The molecule has 0 radical (unpaired) electrons. The lowest BCUT2D eigenvalue weighted by molar-refractivity contribution is -0.126. The number of likely N-dealkylation sites (tertiary alicyclic amines) is 1. The van der Waals surface area contributed by atoms with Crippen LogP contribution in [0, 0.1) is 11.8 Å². The van der Waals surface area contributed by atoms with Crippen LogP contribution in [0.2, 0.25) is 0 Å². The number of benzene rings is 1. The molecule has 2 atom stereocenters. The lowest BCUT2D eigenvalue weighted by Gasteiger charge is -2.22. The fraction of sp³-hybridized carbons (Fsp3) is 0.667. The van der Waals surface area contributed by atoms with E-state index in [-0.39, 0.29) is 11.8 Å². The van der Waals surface area contributed by atoms with Gasteiger partial charge in [0.2, 0.25) is 5.91 Å². The minimum atomic E-state index is 0.114. The summed E-state index contributed by atoms with van der Waals surface area (Å²) in [6.45, 7) is 4.66. The van der Waals surface area contributed by atoms with E-state index in [2.05, 4.69) is 34.5 Å². The van der Waals surface area contributed by atoms with Crippen LogP contribution in [-0.4, -0.2) is 30.4 Å². The number of hydrogen-bond acceptors (Lipinski definition) is 3. The van der Waals surface area contributed by atoms with Gasteiger partial charge in [0.1, 0.15) is 0 Å². The van der Waals surface area contributed by atoms with E-state index in [4.69, 9.17) is 5.73 Å². The Balaban J connectivity index is 1.58. The molecular formula is C21H33N3O. The van der Waals surface area contributed by atoms with Gasteiger partial charge in [0, 0.05) is 19.0 Å². The molecule has 0 bridgehead atoms. The zero-order valence-corrected chi connectivity index (χ0v) is 15.4. The van der Waals surface area contributed by atoms with Crippen molar-refractivity contribution in [3.63, 3.8) is 0 Å². The van der Waals surface area contributed by atoms with Crippen LogP contribution < -0.4 is 11.1 Å². The highest BCUT2D eigenvalue weighted by Crippen LogP contribution is 2.31. The highest BCUT2D eigenvalue weighted by molar-refractivity contribution is 5.79. The summed E-state index contributed by atoms with van der Waals surface area (Å²) in [5.74, 6) is 0.674. The van der Waals surface area contributed by atoms with Crippen LogP contribution in [0.15, 0.2) is 24.3 Å². The Morgan fingerprint density at radius 2 is 1.76 bits per heavy atom. The molecule has 1 aromatic rings. The van der Waals surface area contributed by atoms with Crippen LogP contribution in [0.4, 0.5) is 0 Å². The molecule has 3 rings (SSSR count). The third-order valence-corrected chi connectivity index (χ3v) is 5.96. The van der Waals surface area contributed by atoms with Gasteiger partial charge in [0.25, 0.3) is 0 Å². The predicted molar refractivity (Wildman–Crippen MR) is 102 cm³/mol. The third kappa shape index (κ3) is 5.05. The number of hydrogen-bond donors (Lipinski definition) is 2. The number of amides is 1. The summed E-state index contributed by atoms with van der Waals surface area (Å²) in [5, 5.41) is 3.18. The molecule has 2 fully saturated rings.